The van der Waals surface area contributed by atoms with Gasteiger partial charge in [0.15, 0.2) is 5.96 Å². The van der Waals surface area contributed by atoms with Crippen LogP contribution in [0.5, 0.6) is 0 Å². The Labute approximate surface area is 172 Å². The highest BCUT2D eigenvalue weighted by atomic mass is 127. The molecule has 1 aromatic carbocycles. The molecule has 0 saturated carbocycles. The minimum Gasteiger partial charge on any atom is -0.370 e. The van der Waals surface area contributed by atoms with E-state index < -0.39 is 0 Å². The summed E-state index contributed by atoms with van der Waals surface area (Å²) in [5.41, 5.74) is 3.64. The molecule has 1 aliphatic rings. The number of benzene rings is 1. The first-order chi connectivity index (χ1) is 12.2. The van der Waals surface area contributed by atoms with Gasteiger partial charge in [-0.3, -0.25) is 4.68 Å². The van der Waals surface area contributed by atoms with E-state index in [0.717, 1.165) is 31.2 Å². The topological polar surface area (TPSA) is 54.7 Å². The minimum atomic E-state index is 0. The molecular formula is C19H28IN5O. The highest BCUT2D eigenvalue weighted by Gasteiger charge is 2.25. The first-order valence-corrected chi connectivity index (χ1v) is 8.85. The van der Waals surface area contributed by atoms with Gasteiger partial charge in [-0.1, -0.05) is 24.3 Å². The fourth-order valence-corrected chi connectivity index (χ4v) is 3.12. The largest absolute Gasteiger partial charge is 0.370 e. The molecule has 0 amide bonds. The molecule has 1 N–H and O–H groups in total. The van der Waals surface area contributed by atoms with Crippen LogP contribution in [0.15, 0.2) is 41.7 Å². The number of hydrogen-bond acceptors (Lipinski definition) is 3. The Bertz CT molecular complexity index is 730. The molecule has 142 valence electrons. The van der Waals surface area contributed by atoms with Crippen molar-refractivity contribution in [3.8, 4) is 0 Å². The third kappa shape index (κ3) is 5.20. The van der Waals surface area contributed by atoms with Gasteiger partial charge in [-0.25, -0.2) is 4.99 Å². The zero-order valence-corrected chi connectivity index (χ0v) is 18.0. The van der Waals surface area contributed by atoms with Crippen LogP contribution in [-0.4, -0.2) is 46.9 Å². The van der Waals surface area contributed by atoms with Gasteiger partial charge in [-0.2, -0.15) is 5.10 Å². The molecule has 3 rings (SSSR count). The molecule has 26 heavy (non-hydrogen) atoms. The first kappa shape index (κ1) is 20.7. The molecule has 0 aliphatic carbocycles. The molecule has 2 aromatic rings. The van der Waals surface area contributed by atoms with Crippen molar-refractivity contribution in [2.75, 3.05) is 26.2 Å². The van der Waals surface area contributed by atoms with Crippen molar-refractivity contribution in [1.29, 1.82) is 0 Å². The molecule has 1 unspecified atom stereocenters. The molecule has 0 spiro atoms. The lowest BCUT2D eigenvalue weighted by Gasteiger charge is -2.35. The van der Waals surface area contributed by atoms with Crippen LogP contribution in [-0.2, 0) is 18.3 Å². The lowest BCUT2D eigenvalue weighted by molar-refractivity contribution is -0.00834. The molecule has 1 aliphatic heterocycles. The number of nitrogens with one attached hydrogen (secondary N) is 1. The summed E-state index contributed by atoms with van der Waals surface area (Å²) in [4.78, 5) is 7.09. The fourth-order valence-electron chi connectivity index (χ4n) is 3.12. The lowest BCUT2D eigenvalue weighted by atomic mass is 10.0. The molecule has 1 fully saturated rings. The average Bonchev–Trinajstić information content (AvgIpc) is 3.04. The quantitative estimate of drug-likeness (QED) is 0.425. The maximum absolute atomic E-state index is 6.03. The molecule has 1 atom stereocenters. The van der Waals surface area contributed by atoms with Crippen LogP contribution in [0.3, 0.4) is 0 Å². The summed E-state index contributed by atoms with van der Waals surface area (Å²) < 4.78 is 7.84. The van der Waals surface area contributed by atoms with Crippen LogP contribution in [0.2, 0.25) is 0 Å². The predicted octanol–water partition coefficient (Wildman–Crippen LogP) is 2.89. The SMILES string of the molecule is CCNC(=NCc1cnn(C)c1)N1CCOC(c2ccccc2C)C1.I. The normalized spacial score (nSPS) is 17.7. The number of nitrogens with zero attached hydrogens (tertiary/aromatic N) is 4. The lowest BCUT2D eigenvalue weighted by Crippen LogP contribution is -2.48. The third-order valence-corrected chi connectivity index (χ3v) is 4.41. The van der Waals surface area contributed by atoms with Crippen molar-refractivity contribution in [3.63, 3.8) is 0 Å². The van der Waals surface area contributed by atoms with Gasteiger partial charge in [0.25, 0.3) is 0 Å². The smallest absolute Gasteiger partial charge is 0.194 e. The molecule has 6 nitrogen and oxygen atoms in total. The van der Waals surface area contributed by atoms with E-state index in [1.807, 2.05) is 19.4 Å². The number of guanidine groups is 1. The zero-order valence-electron chi connectivity index (χ0n) is 15.7. The molecule has 2 heterocycles. The first-order valence-electron chi connectivity index (χ1n) is 8.85. The van der Waals surface area contributed by atoms with Crippen LogP contribution >= 0.6 is 24.0 Å². The Morgan fingerprint density at radius 1 is 1.38 bits per heavy atom. The highest BCUT2D eigenvalue weighted by Crippen LogP contribution is 2.25. The number of aromatic nitrogens is 2. The summed E-state index contributed by atoms with van der Waals surface area (Å²) in [6, 6.07) is 8.44. The molecule has 0 bridgehead atoms. The van der Waals surface area contributed by atoms with E-state index in [9.17, 15) is 0 Å². The summed E-state index contributed by atoms with van der Waals surface area (Å²) in [5, 5.41) is 7.62. The van der Waals surface area contributed by atoms with Crippen LogP contribution in [0.1, 0.15) is 29.7 Å². The highest BCUT2D eigenvalue weighted by molar-refractivity contribution is 14.0. The van der Waals surface area contributed by atoms with Gasteiger partial charge < -0.3 is 15.0 Å². The van der Waals surface area contributed by atoms with Gasteiger partial charge in [0, 0.05) is 31.9 Å². The standard InChI is InChI=1S/C19H27N5O.HI/c1-4-20-19(21-11-16-12-22-23(3)13-16)24-9-10-25-18(14-24)17-8-6-5-7-15(17)2;/h5-8,12-13,18H,4,9-11,14H2,1-3H3,(H,20,21);1H. The summed E-state index contributed by atoms with van der Waals surface area (Å²) >= 11 is 0. The number of morpholine rings is 1. The van der Waals surface area contributed by atoms with Crippen LogP contribution in [0.25, 0.3) is 0 Å². The Morgan fingerprint density at radius 3 is 2.88 bits per heavy atom. The maximum Gasteiger partial charge on any atom is 0.194 e. The van der Waals surface area contributed by atoms with E-state index >= 15 is 0 Å². The molecule has 7 heteroatoms. The summed E-state index contributed by atoms with van der Waals surface area (Å²) in [5.74, 6) is 0.938. The molecular weight excluding hydrogens is 441 g/mol. The minimum absolute atomic E-state index is 0. The van der Waals surface area contributed by atoms with Gasteiger partial charge in [0.2, 0.25) is 0 Å². The van der Waals surface area contributed by atoms with Crippen molar-refractivity contribution in [2.24, 2.45) is 12.0 Å². The number of ether oxygens (including phenoxy) is 1. The number of rotatable bonds is 4. The van der Waals surface area contributed by atoms with Gasteiger partial charge in [0.05, 0.1) is 25.9 Å². The summed E-state index contributed by atoms with van der Waals surface area (Å²) in [7, 11) is 1.92. The number of hydrogen-bond donors (Lipinski definition) is 1. The third-order valence-electron chi connectivity index (χ3n) is 4.41. The van der Waals surface area contributed by atoms with Crippen molar-refractivity contribution < 1.29 is 4.74 Å². The van der Waals surface area contributed by atoms with Crippen LogP contribution < -0.4 is 5.32 Å². The van der Waals surface area contributed by atoms with Gasteiger partial charge in [-0.15, -0.1) is 24.0 Å². The van der Waals surface area contributed by atoms with Crippen molar-refractivity contribution in [1.82, 2.24) is 20.0 Å². The molecule has 0 radical (unpaired) electrons. The fraction of sp³-hybridized carbons (Fsp3) is 0.474. The van der Waals surface area contributed by atoms with E-state index in [0.29, 0.717) is 13.2 Å². The molecule has 1 saturated heterocycles. The monoisotopic (exact) mass is 469 g/mol. The van der Waals surface area contributed by atoms with Crippen molar-refractivity contribution in [2.45, 2.75) is 26.5 Å². The van der Waals surface area contributed by atoms with E-state index in [1.165, 1.54) is 11.1 Å². The van der Waals surface area contributed by atoms with Gasteiger partial charge >= 0.3 is 0 Å². The second-order valence-electron chi connectivity index (χ2n) is 6.35. The van der Waals surface area contributed by atoms with E-state index in [4.69, 9.17) is 9.73 Å². The Kier molecular flexibility index (Phi) is 7.89. The second-order valence-corrected chi connectivity index (χ2v) is 6.35. The Hall–Kier alpha value is -1.61. The number of aryl methyl sites for hydroxylation is 2. The number of aliphatic imine (C=N–C) groups is 1. The summed E-state index contributed by atoms with van der Waals surface area (Å²) in [6.07, 6.45) is 3.95. The van der Waals surface area contributed by atoms with E-state index in [-0.39, 0.29) is 30.1 Å². The van der Waals surface area contributed by atoms with Crippen LogP contribution in [0.4, 0.5) is 0 Å². The zero-order chi connectivity index (χ0) is 17.6. The van der Waals surface area contributed by atoms with Gasteiger partial charge in [-0.05, 0) is 25.0 Å². The van der Waals surface area contributed by atoms with E-state index in [2.05, 4.69) is 53.4 Å². The van der Waals surface area contributed by atoms with E-state index in [1.54, 1.807) is 4.68 Å². The van der Waals surface area contributed by atoms with Crippen LogP contribution in [0, 0.1) is 6.92 Å². The Balaban J connectivity index is 0.00000243. The summed E-state index contributed by atoms with van der Waals surface area (Å²) in [6.45, 7) is 8.07. The predicted molar refractivity (Wildman–Crippen MR) is 115 cm³/mol. The van der Waals surface area contributed by atoms with Gasteiger partial charge in [0.1, 0.15) is 6.10 Å². The average molecular weight is 469 g/mol. The Morgan fingerprint density at radius 2 is 2.19 bits per heavy atom. The van der Waals surface area contributed by atoms with Crippen molar-refractivity contribution >= 4 is 29.9 Å². The molecule has 1 aromatic heterocycles. The maximum atomic E-state index is 6.03. The second kappa shape index (κ2) is 9.91. The van der Waals surface area contributed by atoms with Crippen molar-refractivity contribution in [3.05, 3.63) is 53.3 Å². The number of halogens is 1.